The van der Waals surface area contributed by atoms with Gasteiger partial charge in [0.2, 0.25) is 0 Å². The molecule has 2 heterocycles. The zero-order valence-electron chi connectivity index (χ0n) is 13.9. The molecule has 1 atom stereocenters. The summed E-state index contributed by atoms with van der Waals surface area (Å²) < 4.78 is 0. The summed E-state index contributed by atoms with van der Waals surface area (Å²) in [6, 6.07) is 7.07. The maximum Gasteiger partial charge on any atom is 0.0233 e. The first-order valence-corrected chi connectivity index (χ1v) is 8.56. The summed E-state index contributed by atoms with van der Waals surface area (Å²) in [5.74, 6) is 0.881. The third-order valence-electron chi connectivity index (χ3n) is 5.35. The smallest absolute Gasteiger partial charge is 0.0233 e. The molecule has 3 rings (SSSR count). The topological polar surface area (TPSA) is 15.3 Å². The van der Waals surface area contributed by atoms with Crippen molar-refractivity contribution in [1.29, 1.82) is 0 Å². The van der Waals surface area contributed by atoms with Crippen LogP contribution in [0.1, 0.15) is 56.7 Å². The second-order valence-electron chi connectivity index (χ2n) is 7.98. The van der Waals surface area contributed by atoms with E-state index in [1.54, 1.807) is 0 Å². The van der Waals surface area contributed by atoms with Gasteiger partial charge in [-0.3, -0.25) is 4.90 Å². The van der Waals surface area contributed by atoms with E-state index in [1.165, 1.54) is 49.0 Å². The highest BCUT2D eigenvalue weighted by Crippen LogP contribution is 2.34. The third kappa shape index (κ3) is 3.67. The molecule has 2 nitrogen and oxygen atoms in total. The van der Waals surface area contributed by atoms with Crippen molar-refractivity contribution >= 4 is 0 Å². The van der Waals surface area contributed by atoms with Gasteiger partial charge in [0.25, 0.3) is 0 Å². The predicted octanol–water partition coefficient (Wildman–Crippen LogP) is 3.94. The van der Waals surface area contributed by atoms with E-state index in [0.29, 0.717) is 5.41 Å². The molecule has 2 aliphatic rings. The average molecular weight is 286 g/mol. The van der Waals surface area contributed by atoms with E-state index in [0.717, 1.165) is 25.6 Å². The van der Waals surface area contributed by atoms with Crippen LogP contribution in [0, 0.1) is 11.3 Å². The van der Waals surface area contributed by atoms with E-state index < -0.39 is 0 Å². The minimum Gasteiger partial charge on any atom is -0.309 e. The minimum absolute atomic E-state index is 0.468. The van der Waals surface area contributed by atoms with E-state index >= 15 is 0 Å². The van der Waals surface area contributed by atoms with E-state index in [9.17, 15) is 0 Å². The molecule has 1 aromatic carbocycles. The van der Waals surface area contributed by atoms with Crippen LogP contribution >= 0.6 is 0 Å². The first-order valence-electron chi connectivity index (χ1n) is 8.56. The van der Waals surface area contributed by atoms with Crippen LogP contribution in [0.25, 0.3) is 0 Å². The van der Waals surface area contributed by atoms with Crippen LogP contribution in [0.15, 0.2) is 18.2 Å². The lowest BCUT2D eigenvalue weighted by Crippen LogP contribution is -2.26. The lowest BCUT2D eigenvalue weighted by molar-refractivity contribution is 0.206. The highest BCUT2D eigenvalue weighted by molar-refractivity contribution is 5.34. The molecular formula is C19H30N2. The maximum absolute atomic E-state index is 3.44. The number of hydrogen-bond donors (Lipinski definition) is 1. The maximum atomic E-state index is 3.44. The molecule has 0 radical (unpaired) electrons. The molecule has 0 aromatic heterocycles. The average Bonchev–Trinajstić information content (AvgIpc) is 2.75. The molecule has 1 unspecified atom stereocenters. The second kappa shape index (κ2) is 6.10. The Kier molecular flexibility index (Phi) is 4.37. The zero-order valence-corrected chi connectivity index (χ0v) is 13.9. The standard InChI is InChI=1S/C19H30N2/c1-19(2,3)18-5-4-9-21(10-8-18)14-15-6-7-16-12-20-13-17(16)11-15/h6-7,11,18,20H,4-5,8-10,12-14H2,1-3H3. The quantitative estimate of drug-likeness (QED) is 0.886. The highest BCUT2D eigenvalue weighted by atomic mass is 15.1. The Morgan fingerprint density at radius 1 is 1.10 bits per heavy atom. The normalized spacial score (nSPS) is 23.9. The molecule has 1 N–H and O–H groups in total. The van der Waals surface area contributed by atoms with Crippen molar-refractivity contribution in [3.8, 4) is 0 Å². The van der Waals surface area contributed by atoms with Gasteiger partial charge in [0, 0.05) is 19.6 Å². The Labute approximate surface area is 129 Å². The molecule has 2 aliphatic heterocycles. The van der Waals surface area contributed by atoms with Crippen LogP contribution < -0.4 is 5.32 Å². The van der Waals surface area contributed by atoms with Crippen LogP contribution in [0.2, 0.25) is 0 Å². The minimum atomic E-state index is 0.468. The number of rotatable bonds is 2. The molecule has 116 valence electrons. The van der Waals surface area contributed by atoms with Gasteiger partial charge in [-0.15, -0.1) is 0 Å². The molecule has 0 amide bonds. The Morgan fingerprint density at radius 3 is 2.71 bits per heavy atom. The molecule has 0 aliphatic carbocycles. The molecule has 1 saturated heterocycles. The van der Waals surface area contributed by atoms with Crippen molar-refractivity contribution in [2.75, 3.05) is 13.1 Å². The summed E-state index contributed by atoms with van der Waals surface area (Å²) in [7, 11) is 0. The van der Waals surface area contributed by atoms with Crippen molar-refractivity contribution in [3.63, 3.8) is 0 Å². The highest BCUT2D eigenvalue weighted by Gasteiger charge is 2.27. The molecule has 1 fully saturated rings. The molecule has 2 heteroatoms. The van der Waals surface area contributed by atoms with E-state index in [2.05, 4.69) is 49.2 Å². The van der Waals surface area contributed by atoms with Crippen LogP contribution in [0.5, 0.6) is 0 Å². The first-order chi connectivity index (χ1) is 10.0. The Hall–Kier alpha value is -0.860. The van der Waals surface area contributed by atoms with Gasteiger partial charge in [-0.05, 0) is 60.4 Å². The second-order valence-corrected chi connectivity index (χ2v) is 7.98. The van der Waals surface area contributed by atoms with Crippen LogP contribution in [-0.2, 0) is 19.6 Å². The van der Waals surface area contributed by atoms with Gasteiger partial charge in [-0.2, -0.15) is 0 Å². The largest absolute Gasteiger partial charge is 0.309 e. The number of fused-ring (bicyclic) bond motifs is 1. The van der Waals surface area contributed by atoms with Gasteiger partial charge < -0.3 is 5.32 Å². The summed E-state index contributed by atoms with van der Waals surface area (Å²) in [6.45, 7) is 13.0. The van der Waals surface area contributed by atoms with Gasteiger partial charge >= 0.3 is 0 Å². The predicted molar refractivity (Wildman–Crippen MR) is 89.1 cm³/mol. The van der Waals surface area contributed by atoms with Crippen molar-refractivity contribution in [2.45, 2.75) is 59.7 Å². The number of hydrogen-bond acceptors (Lipinski definition) is 2. The van der Waals surface area contributed by atoms with Gasteiger partial charge in [-0.25, -0.2) is 0 Å². The number of nitrogens with one attached hydrogen (secondary N) is 1. The van der Waals surface area contributed by atoms with Crippen LogP contribution in [0.3, 0.4) is 0 Å². The van der Waals surface area contributed by atoms with Crippen molar-refractivity contribution in [2.24, 2.45) is 11.3 Å². The Balaban J connectivity index is 1.61. The molecule has 0 bridgehead atoms. The lowest BCUT2D eigenvalue weighted by Gasteiger charge is -2.29. The van der Waals surface area contributed by atoms with Gasteiger partial charge in [0.15, 0.2) is 0 Å². The van der Waals surface area contributed by atoms with Crippen molar-refractivity contribution in [1.82, 2.24) is 10.2 Å². The van der Waals surface area contributed by atoms with E-state index in [-0.39, 0.29) is 0 Å². The first kappa shape index (κ1) is 15.1. The van der Waals surface area contributed by atoms with Gasteiger partial charge in [0.1, 0.15) is 0 Å². The fourth-order valence-corrected chi connectivity index (χ4v) is 3.88. The zero-order chi connectivity index (χ0) is 14.9. The molecule has 21 heavy (non-hydrogen) atoms. The summed E-state index contributed by atoms with van der Waals surface area (Å²) in [5, 5.41) is 3.44. The fourth-order valence-electron chi connectivity index (χ4n) is 3.88. The van der Waals surface area contributed by atoms with Gasteiger partial charge in [-0.1, -0.05) is 39.0 Å². The number of likely N-dealkylation sites (tertiary alicyclic amines) is 1. The van der Waals surface area contributed by atoms with E-state index in [4.69, 9.17) is 0 Å². The van der Waals surface area contributed by atoms with Gasteiger partial charge in [0.05, 0.1) is 0 Å². The lowest BCUT2D eigenvalue weighted by atomic mass is 9.77. The molecule has 1 aromatic rings. The summed E-state index contributed by atoms with van der Waals surface area (Å²) >= 11 is 0. The van der Waals surface area contributed by atoms with Crippen molar-refractivity contribution < 1.29 is 0 Å². The van der Waals surface area contributed by atoms with Crippen LogP contribution in [0.4, 0.5) is 0 Å². The van der Waals surface area contributed by atoms with Crippen LogP contribution in [-0.4, -0.2) is 18.0 Å². The SMILES string of the molecule is CC(C)(C)C1CCCN(Cc2ccc3c(c2)CNC3)CC1. The molecule has 0 saturated carbocycles. The fraction of sp³-hybridized carbons (Fsp3) is 0.684. The summed E-state index contributed by atoms with van der Waals surface area (Å²) in [6.07, 6.45) is 4.11. The van der Waals surface area contributed by atoms with Crippen molar-refractivity contribution in [3.05, 3.63) is 34.9 Å². The van der Waals surface area contributed by atoms with E-state index in [1.807, 2.05) is 0 Å². The number of nitrogens with zero attached hydrogens (tertiary/aromatic N) is 1. The third-order valence-corrected chi connectivity index (χ3v) is 5.35. The summed E-state index contributed by atoms with van der Waals surface area (Å²) in [5.41, 5.74) is 4.96. The molecular weight excluding hydrogens is 256 g/mol. The Bertz CT molecular complexity index is 487. The molecule has 0 spiro atoms. The Morgan fingerprint density at radius 2 is 1.90 bits per heavy atom. The monoisotopic (exact) mass is 286 g/mol. The summed E-state index contributed by atoms with van der Waals surface area (Å²) in [4.78, 5) is 2.66. The number of benzene rings is 1.